The van der Waals surface area contributed by atoms with Crippen molar-refractivity contribution in [2.45, 2.75) is 38.0 Å². The molecule has 0 atom stereocenters. The fourth-order valence-electron chi connectivity index (χ4n) is 4.32. The molecule has 1 saturated carbocycles. The number of hydrogen-bond acceptors (Lipinski definition) is 6. The molecule has 0 saturated heterocycles. The van der Waals surface area contributed by atoms with Gasteiger partial charge < -0.3 is 15.0 Å². The van der Waals surface area contributed by atoms with E-state index in [1.54, 1.807) is 24.4 Å². The Morgan fingerprint density at radius 1 is 1.15 bits per heavy atom. The molecular weight excluding hydrogens is 423 g/mol. The Bertz CT molecular complexity index is 1320. The van der Waals surface area contributed by atoms with Crippen molar-refractivity contribution in [1.29, 1.82) is 0 Å². The molecule has 0 unspecified atom stereocenters. The van der Waals surface area contributed by atoms with Crippen LogP contribution in [0.2, 0.25) is 0 Å². The van der Waals surface area contributed by atoms with Gasteiger partial charge in [-0.25, -0.2) is 24.3 Å². The normalized spacial score (nSPS) is 14.0. The number of aromatic amines is 1. The number of benzene rings is 1. The first-order chi connectivity index (χ1) is 16.1. The van der Waals surface area contributed by atoms with Crippen molar-refractivity contribution in [3.05, 3.63) is 60.1 Å². The van der Waals surface area contributed by atoms with Gasteiger partial charge in [-0.1, -0.05) is 18.9 Å². The zero-order valence-corrected chi connectivity index (χ0v) is 18.1. The molecular formula is C24H23FN6O2. The van der Waals surface area contributed by atoms with Gasteiger partial charge in [0.2, 0.25) is 11.8 Å². The molecule has 1 amide bonds. The molecule has 1 aliphatic carbocycles. The van der Waals surface area contributed by atoms with Crippen LogP contribution < -0.4 is 10.1 Å². The summed E-state index contributed by atoms with van der Waals surface area (Å²) in [6.07, 6.45) is 7.55. The third-order valence-corrected chi connectivity index (χ3v) is 5.91. The number of carbonyl (C=O) groups excluding carboxylic acids is 1. The van der Waals surface area contributed by atoms with E-state index in [4.69, 9.17) is 4.74 Å². The average molecular weight is 446 g/mol. The van der Waals surface area contributed by atoms with Gasteiger partial charge in [-0.3, -0.25) is 4.79 Å². The number of H-pyrrole nitrogens is 1. The number of methoxy groups -OCH3 is 1. The van der Waals surface area contributed by atoms with Gasteiger partial charge >= 0.3 is 0 Å². The molecule has 0 radical (unpaired) electrons. The Labute approximate surface area is 189 Å². The second kappa shape index (κ2) is 8.93. The molecule has 3 heterocycles. The largest absolute Gasteiger partial charge is 0.481 e. The molecule has 5 rings (SSSR count). The SMILES string of the molecule is COc1cc(-c2cc(F)cc(CC(=O)Nc3ncnc4nc(C5CCCC5)[nH]c34)c2)ccn1. The molecule has 0 aliphatic heterocycles. The molecule has 4 aromatic rings. The summed E-state index contributed by atoms with van der Waals surface area (Å²) >= 11 is 0. The van der Waals surface area contributed by atoms with Crippen LogP contribution in [0.5, 0.6) is 5.88 Å². The van der Waals surface area contributed by atoms with Crippen LogP contribution in [-0.2, 0) is 11.2 Å². The zero-order chi connectivity index (χ0) is 22.8. The maximum absolute atomic E-state index is 14.3. The molecule has 1 aliphatic rings. The molecule has 8 nitrogen and oxygen atoms in total. The van der Waals surface area contributed by atoms with Gasteiger partial charge in [-0.2, -0.15) is 0 Å². The summed E-state index contributed by atoms with van der Waals surface area (Å²) in [6.45, 7) is 0. The number of amides is 1. The Morgan fingerprint density at radius 2 is 2.00 bits per heavy atom. The lowest BCUT2D eigenvalue weighted by Gasteiger charge is -2.09. The van der Waals surface area contributed by atoms with E-state index < -0.39 is 5.82 Å². The lowest BCUT2D eigenvalue weighted by atomic mass is 10.0. The van der Waals surface area contributed by atoms with Crippen molar-refractivity contribution < 1.29 is 13.9 Å². The monoisotopic (exact) mass is 446 g/mol. The minimum Gasteiger partial charge on any atom is -0.481 e. The number of aromatic nitrogens is 5. The summed E-state index contributed by atoms with van der Waals surface area (Å²) in [6, 6.07) is 8.03. The molecule has 0 bridgehead atoms. The average Bonchev–Trinajstić information content (AvgIpc) is 3.49. The number of imidazole rings is 1. The molecule has 9 heteroatoms. The molecule has 168 valence electrons. The van der Waals surface area contributed by atoms with Gasteiger partial charge in [-0.05, 0) is 47.7 Å². The van der Waals surface area contributed by atoms with Crippen LogP contribution >= 0.6 is 0 Å². The highest BCUT2D eigenvalue weighted by atomic mass is 19.1. The van der Waals surface area contributed by atoms with Crippen LogP contribution in [0.4, 0.5) is 10.2 Å². The Hall–Kier alpha value is -3.88. The number of ether oxygens (including phenoxy) is 1. The number of nitrogens with one attached hydrogen (secondary N) is 2. The number of hydrogen-bond donors (Lipinski definition) is 2. The summed E-state index contributed by atoms with van der Waals surface area (Å²) in [5, 5.41) is 2.82. The van der Waals surface area contributed by atoms with E-state index in [9.17, 15) is 9.18 Å². The third-order valence-electron chi connectivity index (χ3n) is 5.91. The summed E-state index contributed by atoms with van der Waals surface area (Å²) in [5.74, 6) is 1.35. The van der Waals surface area contributed by atoms with E-state index in [1.165, 1.54) is 38.4 Å². The first-order valence-electron chi connectivity index (χ1n) is 10.9. The number of halogens is 1. The number of carbonyl (C=O) groups is 1. The summed E-state index contributed by atoms with van der Waals surface area (Å²) in [4.78, 5) is 33.2. The van der Waals surface area contributed by atoms with E-state index in [0.29, 0.717) is 39.9 Å². The second-order valence-electron chi connectivity index (χ2n) is 8.18. The minimum absolute atomic E-state index is 0.0118. The van der Waals surface area contributed by atoms with Crippen molar-refractivity contribution in [1.82, 2.24) is 24.9 Å². The molecule has 2 N–H and O–H groups in total. The van der Waals surface area contributed by atoms with Crippen LogP contribution in [-0.4, -0.2) is 37.9 Å². The van der Waals surface area contributed by atoms with Crippen LogP contribution in [0, 0.1) is 5.82 Å². The highest BCUT2D eigenvalue weighted by Crippen LogP contribution is 2.33. The molecule has 1 fully saturated rings. The van der Waals surface area contributed by atoms with Gasteiger partial charge in [0, 0.05) is 18.2 Å². The van der Waals surface area contributed by atoms with Crippen LogP contribution in [0.1, 0.15) is 43.0 Å². The van der Waals surface area contributed by atoms with Crippen LogP contribution in [0.15, 0.2) is 42.9 Å². The standard InChI is InChI=1S/C24H23FN6O2/c1-33-20-12-16(6-7-26-20)17-8-14(9-18(25)11-17)10-19(32)29-23-21-24(28-13-27-23)31-22(30-21)15-4-2-3-5-15/h6-9,11-13,15H,2-5,10H2,1H3,(H2,27,28,29,30,31,32). The summed E-state index contributed by atoms with van der Waals surface area (Å²) in [5.41, 5.74) is 3.06. The van der Waals surface area contributed by atoms with E-state index in [2.05, 4.69) is 30.2 Å². The molecule has 0 spiro atoms. The third kappa shape index (κ3) is 4.52. The van der Waals surface area contributed by atoms with Crippen molar-refractivity contribution in [3.63, 3.8) is 0 Å². The fourth-order valence-corrected chi connectivity index (χ4v) is 4.32. The van der Waals surface area contributed by atoms with Gasteiger partial charge in [-0.15, -0.1) is 0 Å². The number of rotatable bonds is 6. The number of nitrogens with zero attached hydrogens (tertiary/aromatic N) is 4. The topological polar surface area (TPSA) is 106 Å². The van der Waals surface area contributed by atoms with E-state index in [0.717, 1.165) is 24.2 Å². The first kappa shape index (κ1) is 21.0. The van der Waals surface area contributed by atoms with Crippen molar-refractivity contribution in [2.75, 3.05) is 12.4 Å². The number of fused-ring (bicyclic) bond motifs is 1. The summed E-state index contributed by atoms with van der Waals surface area (Å²) in [7, 11) is 1.52. The Balaban J connectivity index is 1.36. The maximum Gasteiger partial charge on any atom is 0.230 e. The molecule has 1 aromatic carbocycles. The second-order valence-corrected chi connectivity index (χ2v) is 8.18. The van der Waals surface area contributed by atoms with Crippen LogP contribution in [0.3, 0.4) is 0 Å². The van der Waals surface area contributed by atoms with Crippen LogP contribution in [0.25, 0.3) is 22.3 Å². The molecule has 33 heavy (non-hydrogen) atoms. The Morgan fingerprint density at radius 3 is 2.82 bits per heavy atom. The van der Waals surface area contributed by atoms with E-state index in [1.807, 2.05) is 0 Å². The van der Waals surface area contributed by atoms with Gasteiger partial charge in [0.15, 0.2) is 11.5 Å². The lowest BCUT2D eigenvalue weighted by molar-refractivity contribution is -0.115. The van der Waals surface area contributed by atoms with E-state index in [-0.39, 0.29) is 12.3 Å². The van der Waals surface area contributed by atoms with Crippen molar-refractivity contribution in [3.8, 4) is 17.0 Å². The van der Waals surface area contributed by atoms with Gasteiger partial charge in [0.05, 0.1) is 13.5 Å². The highest BCUT2D eigenvalue weighted by Gasteiger charge is 2.22. The lowest BCUT2D eigenvalue weighted by Crippen LogP contribution is -2.16. The first-order valence-corrected chi connectivity index (χ1v) is 10.9. The van der Waals surface area contributed by atoms with Crippen molar-refractivity contribution >= 4 is 22.9 Å². The number of anilines is 1. The van der Waals surface area contributed by atoms with E-state index >= 15 is 0 Å². The zero-order valence-electron chi connectivity index (χ0n) is 18.1. The number of pyridine rings is 1. The predicted molar refractivity (Wildman–Crippen MR) is 121 cm³/mol. The molecule has 3 aromatic heterocycles. The smallest absolute Gasteiger partial charge is 0.230 e. The Kier molecular flexibility index (Phi) is 5.68. The predicted octanol–water partition coefficient (Wildman–Crippen LogP) is 4.40. The summed E-state index contributed by atoms with van der Waals surface area (Å²) < 4.78 is 19.5. The van der Waals surface area contributed by atoms with Crippen molar-refractivity contribution in [2.24, 2.45) is 0 Å². The fraction of sp³-hybridized carbons (Fsp3) is 0.292. The highest BCUT2D eigenvalue weighted by molar-refractivity contribution is 5.97. The maximum atomic E-state index is 14.3. The van der Waals surface area contributed by atoms with Gasteiger partial charge in [0.1, 0.15) is 23.5 Å². The minimum atomic E-state index is -0.426. The quantitative estimate of drug-likeness (QED) is 0.455. The van der Waals surface area contributed by atoms with Gasteiger partial charge in [0.25, 0.3) is 0 Å².